The first kappa shape index (κ1) is 13.9. The number of hydrogen-bond donors (Lipinski definition) is 2. The maximum atomic E-state index is 10.8. The number of rotatable bonds is 6. The van der Waals surface area contributed by atoms with E-state index in [1.807, 2.05) is 6.92 Å². The fraction of sp³-hybridized carbons (Fsp3) is 0.364. The van der Waals surface area contributed by atoms with Crippen LogP contribution in [-0.2, 0) is 11.2 Å². The zero-order valence-electron chi connectivity index (χ0n) is 9.83. The Balaban J connectivity index is 2.88. The number of hydrogen-bond acceptors (Lipinski definition) is 5. The van der Waals surface area contributed by atoms with E-state index in [2.05, 4.69) is 0 Å². The third-order valence-corrected chi connectivity index (χ3v) is 2.36. The van der Waals surface area contributed by atoms with Gasteiger partial charge in [-0.2, -0.15) is 0 Å². The number of nitrogens with two attached hydrogens (primary N) is 1. The van der Waals surface area contributed by atoms with E-state index in [0.717, 1.165) is 5.56 Å². The van der Waals surface area contributed by atoms with Crippen molar-refractivity contribution in [2.75, 3.05) is 6.61 Å². The normalized spacial score (nSPS) is 11.9. The molecule has 0 heterocycles. The van der Waals surface area contributed by atoms with Crippen molar-refractivity contribution in [2.24, 2.45) is 5.73 Å². The number of nitro groups is 1. The Morgan fingerprint density at radius 2 is 2.28 bits per heavy atom. The van der Waals surface area contributed by atoms with Crippen LogP contribution in [0.3, 0.4) is 0 Å². The molecule has 1 aromatic carbocycles. The minimum Gasteiger partial charge on any atom is -0.485 e. The summed E-state index contributed by atoms with van der Waals surface area (Å²) in [5.74, 6) is -1.20. The van der Waals surface area contributed by atoms with Crippen molar-refractivity contribution in [1.29, 1.82) is 0 Å². The lowest BCUT2D eigenvalue weighted by Gasteiger charge is -2.10. The fourth-order valence-corrected chi connectivity index (χ4v) is 1.30. The topological polar surface area (TPSA) is 116 Å². The van der Waals surface area contributed by atoms with Crippen molar-refractivity contribution in [2.45, 2.75) is 19.4 Å². The van der Waals surface area contributed by atoms with E-state index in [-0.39, 0.29) is 18.0 Å². The van der Waals surface area contributed by atoms with Crippen LogP contribution in [-0.4, -0.2) is 28.6 Å². The van der Waals surface area contributed by atoms with Crippen LogP contribution in [0.25, 0.3) is 0 Å². The predicted molar refractivity (Wildman–Crippen MR) is 63.6 cm³/mol. The number of carbonyl (C=O) groups is 1. The number of nitro benzene ring substituents is 1. The van der Waals surface area contributed by atoms with Gasteiger partial charge in [0.15, 0.2) is 5.75 Å². The molecule has 1 aromatic rings. The molecule has 1 atom stereocenters. The minimum absolute atomic E-state index is 0.0221. The van der Waals surface area contributed by atoms with E-state index in [1.165, 1.54) is 12.1 Å². The number of aliphatic carboxylic acids is 1. The summed E-state index contributed by atoms with van der Waals surface area (Å²) in [6.45, 7) is 1.56. The Labute approximate surface area is 103 Å². The predicted octanol–water partition coefficient (Wildman–Crippen LogP) is 0.948. The number of benzene rings is 1. The van der Waals surface area contributed by atoms with Gasteiger partial charge in [0.25, 0.3) is 0 Å². The van der Waals surface area contributed by atoms with Gasteiger partial charge < -0.3 is 15.6 Å². The number of nitrogens with zero attached hydrogens (tertiary/aromatic N) is 1. The molecule has 1 unspecified atom stereocenters. The summed E-state index contributed by atoms with van der Waals surface area (Å²) in [7, 11) is 0. The molecular weight excluding hydrogens is 240 g/mol. The number of carboxylic acid groups (broad SMARTS) is 1. The smallest absolute Gasteiger partial charge is 0.324 e. The largest absolute Gasteiger partial charge is 0.485 e. The molecule has 0 saturated heterocycles. The zero-order chi connectivity index (χ0) is 13.7. The molecule has 0 bridgehead atoms. The molecule has 0 spiro atoms. The molecule has 0 aliphatic carbocycles. The molecule has 0 fully saturated rings. The van der Waals surface area contributed by atoms with Crippen molar-refractivity contribution < 1.29 is 19.6 Å². The van der Waals surface area contributed by atoms with Gasteiger partial charge >= 0.3 is 11.7 Å². The van der Waals surface area contributed by atoms with E-state index < -0.39 is 16.9 Å². The summed E-state index contributed by atoms with van der Waals surface area (Å²) in [5, 5.41) is 19.4. The quantitative estimate of drug-likeness (QED) is 0.576. The van der Waals surface area contributed by atoms with E-state index >= 15 is 0 Å². The highest BCUT2D eigenvalue weighted by Gasteiger charge is 2.18. The lowest BCUT2D eigenvalue weighted by molar-refractivity contribution is -0.385. The van der Waals surface area contributed by atoms with Gasteiger partial charge in [-0.25, -0.2) is 0 Å². The van der Waals surface area contributed by atoms with Crippen LogP contribution in [0.4, 0.5) is 5.69 Å². The molecule has 18 heavy (non-hydrogen) atoms. The second kappa shape index (κ2) is 5.97. The van der Waals surface area contributed by atoms with E-state index in [1.54, 1.807) is 6.07 Å². The van der Waals surface area contributed by atoms with Crippen LogP contribution in [0.1, 0.15) is 12.5 Å². The molecule has 0 radical (unpaired) electrons. The summed E-state index contributed by atoms with van der Waals surface area (Å²) < 4.78 is 5.07. The Morgan fingerprint density at radius 1 is 1.61 bits per heavy atom. The molecule has 0 aromatic heterocycles. The molecule has 0 amide bonds. The molecule has 1 rings (SSSR count). The third-order valence-electron chi connectivity index (χ3n) is 2.36. The van der Waals surface area contributed by atoms with Gasteiger partial charge in [0.2, 0.25) is 0 Å². The molecule has 7 nitrogen and oxygen atoms in total. The Hall–Kier alpha value is -2.15. The van der Waals surface area contributed by atoms with Gasteiger partial charge in [0.05, 0.1) is 4.92 Å². The van der Waals surface area contributed by atoms with Gasteiger partial charge in [0, 0.05) is 6.07 Å². The molecule has 0 aliphatic rings. The molecule has 7 heteroatoms. The second-order valence-corrected chi connectivity index (χ2v) is 3.67. The van der Waals surface area contributed by atoms with Crippen LogP contribution < -0.4 is 10.5 Å². The van der Waals surface area contributed by atoms with Crippen molar-refractivity contribution >= 4 is 11.7 Å². The molecular formula is C11H14N2O5. The molecule has 3 N–H and O–H groups in total. The van der Waals surface area contributed by atoms with Crippen LogP contribution in [0.15, 0.2) is 18.2 Å². The van der Waals surface area contributed by atoms with E-state index in [4.69, 9.17) is 15.6 Å². The Bertz CT molecular complexity index is 461. The van der Waals surface area contributed by atoms with Gasteiger partial charge in [-0.3, -0.25) is 14.9 Å². The van der Waals surface area contributed by atoms with Crippen LogP contribution in [0.2, 0.25) is 0 Å². The lowest BCUT2D eigenvalue weighted by Crippen LogP contribution is -2.36. The minimum atomic E-state index is -1.22. The summed E-state index contributed by atoms with van der Waals surface area (Å²) in [5.41, 5.74) is 5.87. The standard InChI is InChI=1S/C11H14N2O5/c1-2-7-3-4-10(9(5-7)13(16)17)18-6-8(12)11(14)15/h3-5,8H,2,6,12H2,1H3,(H,14,15). The van der Waals surface area contributed by atoms with Crippen molar-refractivity contribution in [1.82, 2.24) is 0 Å². The van der Waals surface area contributed by atoms with Crippen molar-refractivity contribution in [3.8, 4) is 5.75 Å². The zero-order valence-corrected chi connectivity index (χ0v) is 9.83. The van der Waals surface area contributed by atoms with Crippen molar-refractivity contribution in [3.63, 3.8) is 0 Å². The summed E-state index contributed by atoms with van der Waals surface area (Å²) in [6, 6.07) is 3.33. The molecule has 0 aliphatic heterocycles. The van der Waals surface area contributed by atoms with Gasteiger partial charge in [0.1, 0.15) is 12.6 Å². The number of carboxylic acids is 1. The fourth-order valence-electron chi connectivity index (χ4n) is 1.30. The highest BCUT2D eigenvalue weighted by Crippen LogP contribution is 2.28. The second-order valence-electron chi connectivity index (χ2n) is 3.67. The third kappa shape index (κ3) is 3.42. The molecule has 98 valence electrons. The van der Waals surface area contributed by atoms with E-state index in [9.17, 15) is 14.9 Å². The van der Waals surface area contributed by atoms with Gasteiger partial charge in [-0.1, -0.05) is 13.0 Å². The average Bonchev–Trinajstić information content (AvgIpc) is 2.35. The van der Waals surface area contributed by atoms with E-state index in [0.29, 0.717) is 6.42 Å². The number of aryl methyl sites for hydroxylation is 1. The Morgan fingerprint density at radius 3 is 2.78 bits per heavy atom. The summed E-state index contributed by atoms with van der Waals surface area (Å²) >= 11 is 0. The van der Waals surface area contributed by atoms with Crippen molar-refractivity contribution in [3.05, 3.63) is 33.9 Å². The lowest BCUT2D eigenvalue weighted by atomic mass is 10.1. The first-order valence-electron chi connectivity index (χ1n) is 5.34. The summed E-state index contributed by atoms with van der Waals surface area (Å²) in [4.78, 5) is 20.8. The monoisotopic (exact) mass is 254 g/mol. The summed E-state index contributed by atoms with van der Waals surface area (Å²) in [6.07, 6.45) is 0.662. The Kier molecular flexibility index (Phi) is 4.61. The van der Waals surface area contributed by atoms with Gasteiger partial charge in [-0.05, 0) is 18.1 Å². The first-order chi connectivity index (χ1) is 8.45. The van der Waals surface area contributed by atoms with Crippen LogP contribution in [0.5, 0.6) is 5.75 Å². The SMILES string of the molecule is CCc1ccc(OCC(N)C(=O)O)c([N+](=O)[O-])c1. The van der Waals surface area contributed by atoms with Gasteiger partial charge in [-0.15, -0.1) is 0 Å². The van der Waals surface area contributed by atoms with Crippen LogP contribution in [0, 0.1) is 10.1 Å². The number of ether oxygens (including phenoxy) is 1. The maximum absolute atomic E-state index is 10.8. The van der Waals surface area contributed by atoms with Crippen LogP contribution >= 0.6 is 0 Å². The molecule has 0 saturated carbocycles. The average molecular weight is 254 g/mol. The highest BCUT2D eigenvalue weighted by molar-refractivity contribution is 5.73. The highest BCUT2D eigenvalue weighted by atomic mass is 16.6. The maximum Gasteiger partial charge on any atom is 0.324 e. The first-order valence-corrected chi connectivity index (χ1v) is 5.34.